The average molecular weight is 326 g/mol. The van der Waals surface area contributed by atoms with Crippen molar-refractivity contribution in [3.63, 3.8) is 0 Å². The Morgan fingerprint density at radius 2 is 2.25 bits per heavy atom. The Morgan fingerprint density at radius 1 is 1.46 bits per heavy atom. The lowest BCUT2D eigenvalue weighted by molar-refractivity contribution is -0.128. The van der Waals surface area contributed by atoms with Gasteiger partial charge in [0.1, 0.15) is 5.75 Å². The Hall–Kier alpha value is -3.09. The molecular weight excluding hydrogens is 308 g/mol. The van der Waals surface area contributed by atoms with E-state index in [0.29, 0.717) is 18.0 Å². The van der Waals surface area contributed by atoms with E-state index in [1.807, 2.05) is 19.3 Å². The van der Waals surface area contributed by atoms with Crippen LogP contribution in [0.15, 0.2) is 49.3 Å². The highest BCUT2D eigenvalue weighted by atomic mass is 16.5. The lowest BCUT2D eigenvalue weighted by atomic mass is 10.1. The number of aromatic nitrogens is 2. The van der Waals surface area contributed by atoms with Gasteiger partial charge in [-0.05, 0) is 18.2 Å². The van der Waals surface area contributed by atoms with Crippen molar-refractivity contribution in [2.75, 3.05) is 11.4 Å². The highest BCUT2D eigenvalue weighted by molar-refractivity contribution is 6.03. The molecule has 124 valence electrons. The molecule has 3 rings (SSSR count). The maximum absolute atomic E-state index is 12.4. The summed E-state index contributed by atoms with van der Waals surface area (Å²) in [6.45, 7) is 4.01. The van der Waals surface area contributed by atoms with Gasteiger partial charge in [-0.3, -0.25) is 14.3 Å². The molecule has 2 heterocycles. The summed E-state index contributed by atoms with van der Waals surface area (Å²) in [4.78, 5) is 26.0. The van der Waals surface area contributed by atoms with Crippen LogP contribution in [0.2, 0.25) is 0 Å². The number of benzene rings is 1. The number of nitrogens with one attached hydrogen (secondary N) is 1. The van der Waals surface area contributed by atoms with Crippen molar-refractivity contribution in [2.45, 2.75) is 12.6 Å². The van der Waals surface area contributed by atoms with E-state index in [-0.39, 0.29) is 18.4 Å². The van der Waals surface area contributed by atoms with Gasteiger partial charge in [-0.2, -0.15) is 5.10 Å². The first-order valence-electron chi connectivity index (χ1n) is 7.53. The zero-order chi connectivity index (χ0) is 17.1. The van der Waals surface area contributed by atoms with Crippen LogP contribution in [0, 0.1) is 0 Å². The minimum absolute atomic E-state index is 0.140. The van der Waals surface area contributed by atoms with Gasteiger partial charge in [-0.15, -0.1) is 0 Å². The van der Waals surface area contributed by atoms with E-state index >= 15 is 0 Å². The number of carbonyl (C=O) groups excluding carboxylic acids is 2. The van der Waals surface area contributed by atoms with Crippen LogP contribution in [0.5, 0.6) is 5.75 Å². The van der Waals surface area contributed by atoms with Crippen LogP contribution in [0.4, 0.5) is 5.69 Å². The lowest BCUT2D eigenvalue weighted by Crippen LogP contribution is -2.50. The number of rotatable bonds is 4. The summed E-state index contributed by atoms with van der Waals surface area (Å²) in [6.07, 6.45) is 3.96. The van der Waals surface area contributed by atoms with Gasteiger partial charge in [0, 0.05) is 25.4 Å². The number of para-hydroxylation sites is 2. The molecule has 0 saturated heterocycles. The zero-order valence-corrected chi connectivity index (χ0v) is 13.3. The van der Waals surface area contributed by atoms with Crippen molar-refractivity contribution >= 4 is 17.5 Å². The van der Waals surface area contributed by atoms with Crippen LogP contribution in [0.3, 0.4) is 0 Å². The van der Waals surface area contributed by atoms with Gasteiger partial charge in [0.2, 0.25) is 0 Å². The molecule has 1 aromatic heterocycles. The monoisotopic (exact) mass is 326 g/mol. The van der Waals surface area contributed by atoms with Crippen LogP contribution < -0.4 is 15.0 Å². The van der Waals surface area contributed by atoms with Gasteiger partial charge in [0.05, 0.1) is 18.4 Å². The molecule has 1 unspecified atom stereocenters. The smallest absolute Gasteiger partial charge is 0.263 e. The average Bonchev–Trinajstić information content (AvgIpc) is 3.03. The third kappa shape index (κ3) is 3.15. The Morgan fingerprint density at radius 3 is 2.96 bits per heavy atom. The number of carbonyl (C=O) groups is 2. The summed E-state index contributed by atoms with van der Waals surface area (Å²) in [5.74, 6) is -0.0495. The van der Waals surface area contributed by atoms with Crippen LogP contribution in [0.1, 0.15) is 5.56 Å². The lowest BCUT2D eigenvalue weighted by Gasteiger charge is -2.33. The number of nitrogens with zero attached hydrogens (tertiary/aromatic N) is 3. The summed E-state index contributed by atoms with van der Waals surface area (Å²) in [5.41, 5.74) is 1.53. The van der Waals surface area contributed by atoms with Gasteiger partial charge in [0.25, 0.3) is 11.8 Å². The topological polar surface area (TPSA) is 76.5 Å². The molecule has 2 aromatic rings. The fourth-order valence-corrected chi connectivity index (χ4v) is 2.56. The predicted octanol–water partition coefficient (Wildman–Crippen LogP) is 1.02. The van der Waals surface area contributed by atoms with E-state index < -0.39 is 6.10 Å². The van der Waals surface area contributed by atoms with Crippen molar-refractivity contribution in [1.29, 1.82) is 0 Å². The molecule has 0 spiro atoms. The summed E-state index contributed by atoms with van der Waals surface area (Å²) >= 11 is 0. The third-order valence-electron chi connectivity index (χ3n) is 3.73. The van der Waals surface area contributed by atoms with E-state index in [1.54, 1.807) is 29.1 Å². The van der Waals surface area contributed by atoms with Crippen molar-refractivity contribution in [1.82, 2.24) is 15.1 Å². The van der Waals surface area contributed by atoms with Crippen LogP contribution in [-0.4, -0.2) is 34.2 Å². The normalized spacial score (nSPS) is 16.0. The minimum Gasteiger partial charge on any atom is -0.477 e. The van der Waals surface area contributed by atoms with E-state index in [1.165, 1.54) is 11.0 Å². The molecule has 7 heteroatoms. The van der Waals surface area contributed by atoms with E-state index in [0.717, 1.165) is 5.56 Å². The quantitative estimate of drug-likeness (QED) is 0.851. The molecule has 0 radical (unpaired) electrons. The van der Waals surface area contributed by atoms with Crippen molar-refractivity contribution in [3.8, 4) is 5.75 Å². The highest BCUT2D eigenvalue weighted by Crippen LogP contribution is 2.33. The molecular formula is C17H18N4O3. The number of amides is 2. The van der Waals surface area contributed by atoms with Gasteiger partial charge in [-0.1, -0.05) is 18.7 Å². The molecule has 1 N–H and O–H groups in total. The maximum Gasteiger partial charge on any atom is 0.263 e. The predicted molar refractivity (Wildman–Crippen MR) is 88.5 cm³/mol. The molecule has 1 aromatic carbocycles. The van der Waals surface area contributed by atoms with Crippen LogP contribution in [0.25, 0.3) is 0 Å². The number of anilines is 1. The second-order valence-electron chi connectivity index (χ2n) is 5.47. The first-order chi connectivity index (χ1) is 11.6. The molecule has 0 saturated carbocycles. The van der Waals surface area contributed by atoms with Crippen molar-refractivity contribution in [3.05, 3.63) is 54.9 Å². The summed E-state index contributed by atoms with van der Waals surface area (Å²) in [7, 11) is 1.81. The van der Waals surface area contributed by atoms with E-state index in [2.05, 4.69) is 17.0 Å². The number of aryl methyl sites for hydroxylation is 1. The van der Waals surface area contributed by atoms with Crippen LogP contribution in [-0.2, 0) is 23.2 Å². The van der Waals surface area contributed by atoms with Gasteiger partial charge in [-0.25, -0.2) is 0 Å². The summed E-state index contributed by atoms with van der Waals surface area (Å²) in [5, 5.41) is 6.86. The zero-order valence-electron chi connectivity index (χ0n) is 13.3. The molecule has 0 bridgehead atoms. The van der Waals surface area contributed by atoms with Gasteiger partial charge >= 0.3 is 0 Å². The molecule has 1 atom stereocenters. The summed E-state index contributed by atoms with van der Waals surface area (Å²) in [6, 6.07) is 7.12. The number of hydrogen-bond acceptors (Lipinski definition) is 4. The Bertz CT molecular complexity index is 784. The van der Waals surface area contributed by atoms with Crippen molar-refractivity contribution < 1.29 is 14.3 Å². The van der Waals surface area contributed by atoms with Gasteiger partial charge < -0.3 is 15.0 Å². The van der Waals surface area contributed by atoms with E-state index in [4.69, 9.17) is 4.74 Å². The fourth-order valence-electron chi connectivity index (χ4n) is 2.56. The second kappa shape index (κ2) is 6.57. The molecule has 1 aliphatic rings. The SMILES string of the molecule is C=CC(=O)N1CC(C(=O)NCc2cnn(C)c2)Oc2ccccc21. The molecule has 1 aliphatic heterocycles. The summed E-state index contributed by atoms with van der Waals surface area (Å²) < 4.78 is 7.42. The van der Waals surface area contributed by atoms with Crippen LogP contribution >= 0.6 is 0 Å². The Kier molecular flexibility index (Phi) is 4.33. The second-order valence-corrected chi connectivity index (χ2v) is 5.47. The molecule has 0 aliphatic carbocycles. The number of fused-ring (bicyclic) bond motifs is 1. The number of ether oxygens (including phenoxy) is 1. The Balaban J connectivity index is 1.73. The highest BCUT2D eigenvalue weighted by Gasteiger charge is 2.32. The number of hydrogen-bond donors (Lipinski definition) is 1. The fraction of sp³-hybridized carbons (Fsp3) is 0.235. The maximum atomic E-state index is 12.4. The minimum atomic E-state index is -0.777. The first-order valence-corrected chi connectivity index (χ1v) is 7.53. The Labute approximate surface area is 139 Å². The molecule has 7 nitrogen and oxygen atoms in total. The molecule has 2 amide bonds. The molecule has 0 fully saturated rings. The largest absolute Gasteiger partial charge is 0.477 e. The van der Waals surface area contributed by atoms with E-state index in [9.17, 15) is 9.59 Å². The first kappa shape index (κ1) is 15.8. The third-order valence-corrected chi connectivity index (χ3v) is 3.73. The molecule has 24 heavy (non-hydrogen) atoms. The van der Waals surface area contributed by atoms with Gasteiger partial charge in [0.15, 0.2) is 6.10 Å². The van der Waals surface area contributed by atoms with Crippen molar-refractivity contribution in [2.24, 2.45) is 7.05 Å². The standard InChI is InChI=1S/C17H18N4O3/c1-3-16(22)21-11-15(24-14-7-5-4-6-13(14)21)17(23)18-8-12-9-19-20(2)10-12/h3-7,9-10,15H,1,8,11H2,2H3,(H,18,23).